The molecule has 1 aromatic carbocycles. The monoisotopic (exact) mass is 251 g/mol. The third kappa shape index (κ3) is 5.47. The molecule has 5 nitrogen and oxygen atoms in total. The fraction of sp³-hybridized carbons (Fsp3) is 0.308. The summed E-state index contributed by atoms with van der Waals surface area (Å²) in [5.41, 5.74) is 0.806. The number of aliphatic hydroxyl groups is 1. The van der Waals surface area contributed by atoms with Crippen LogP contribution in [0.25, 0.3) is 6.08 Å². The van der Waals surface area contributed by atoms with Crippen molar-refractivity contribution in [3.63, 3.8) is 0 Å². The highest BCUT2D eigenvalue weighted by atomic mass is 16.5. The van der Waals surface area contributed by atoms with Crippen molar-refractivity contribution in [1.29, 1.82) is 0 Å². The number of rotatable bonds is 6. The topological polar surface area (TPSA) is 78.8 Å². The number of phenols is 1. The number of hydrogen-bond donors (Lipinski definition) is 3. The van der Waals surface area contributed by atoms with E-state index >= 15 is 0 Å². The van der Waals surface area contributed by atoms with E-state index in [1.165, 1.54) is 13.2 Å². The maximum Gasteiger partial charge on any atom is 0.244 e. The molecule has 0 radical (unpaired) electrons. The molecule has 1 unspecified atom stereocenters. The normalized spacial score (nSPS) is 12.6. The number of methoxy groups -OCH3 is 1. The van der Waals surface area contributed by atoms with Gasteiger partial charge in [-0.1, -0.05) is 12.1 Å². The summed E-state index contributed by atoms with van der Waals surface area (Å²) in [6.07, 6.45) is 2.28. The summed E-state index contributed by atoms with van der Waals surface area (Å²) >= 11 is 0. The van der Waals surface area contributed by atoms with Gasteiger partial charge in [-0.15, -0.1) is 0 Å². The van der Waals surface area contributed by atoms with Gasteiger partial charge >= 0.3 is 0 Å². The van der Waals surface area contributed by atoms with Gasteiger partial charge in [0.15, 0.2) is 0 Å². The van der Waals surface area contributed by atoms with Gasteiger partial charge in [0.25, 0.3) is 0 Å². The van der Waals surface area contributed by atoms with Crippen LogP contribution in [0.2, 0.25) is 0 Å². The minimum atomic E-state index is -0.707. The zero-order valence-electron chi connectivity index (χ0n) is 10.2. The van der Waals surface area contributed by atoms with Crippen molar-refractivity contribution in [2.75, 3.05) is 20.3 Å². The van der Waals surface area contributed by atoms with E-state index in [1.54, 1.807) is 30.3 Å². The first kappa shape index (κ1) is 14.2. The molecule has 0 aliphatic rings. The minimum absolute atomic E-state index is 0.145. The fourth-order valence-electron chi connectivity index (χ4n) is 1.29. The average molecular weight is 251 g/mol. The Hall–Kier alpha value is -1.85. The van der Waals surface area contributed by atoms with E-state index in [0.29, 0.717) is 0 Å². The van der Waals surface area contributed by atoms with Gasteiger partial charge in [-0.2, -0.15) is 0 Å². The lowest BCUT2D eigenvalue weighted by Gasteiger charge is -2.08. The summed E-state index contributed by atoms with van der Waals surface area (Å²) in [5.74, 6) is -0.113. The number of carbonyl (C=O) groups excluding carboxylic acids is 1. The van der Waals surface area contributed by atoms with Crippen LogP contribution in [0.3, 0.4) is 0 Å². The van der Waals surface area contributed by atoms with Gasteiger partial charge in [0.2, 0.25) is 5.91 Å². The van der Waals surface area contributed by atoms with E-state index in [1.807, 2.05) is 0 Å². The van der Waals surface area contributed by atoms with Crippen LogP contribution in [-0.2, 0) is 9.53 Å². The third-order valence-electron chi connectivity index (χ3n) is 2.19. The zero-order chi connectivity index (χ0) is 13.4. The average Bonchev–Trinajstić information content (AvgIpc) is 2.36. The van der Waals surface area contributed by atoms with Crippen molar-refractivity contribution < 1.29 is 19.7 Å². The summed E-state index contributed by atoms with van der Waals surface area (Å²) in [6, 6.07) is 6.47. The lowest BCUT2D eigenvalue weighted by molar-refractivity contribution is -0.117. The van der Waals surface area contributed by atoms with Gasteiger partial charge < -0.3 is 20.3 Å². The molecule has 0 saturated carbocycles. The fourth-order valence-corrected chi connectivity index (χ4v) is 1.29. The second kappa shape index (κ2) is 7.47. The highest BCUT2D eigenvalue weighted by Crippen LogP contribution is 2.10. The zero-order valence-corrected chi connectivity index (χ0v) is 10.2. The summed E-state index contributed by atoms with van der Waals surface area (Å²) in [4.78, 5) is 11.4. The van der Waals surface area contributed by atoms with Crippen molar-refractivity contribution in [3.05, 3.63) is 35.9 Å². The number of nitrogens with one attached hydrogen (secondary N) is 1. The van der Waals surface area contributed by atoms with Crippen molar-refractivity contribution in [2.24, 2.45) is 0 Å². The van der Waals surface area contributed by atoms with Gasteiger partial charge in [-0.25, -0.2) is 0 Å². The van der Waals surface area contributed by atoms with Crippen LogP contribution < -0.4 is 5.32 Å². The van der Waals surface area contributed by atoms with E-state index in [0.717, 1.165) is 5.56 Å². The largest absolute Gasteiger partial charge is 0.508 e. The highest BCUT2D eigenvalue weighted by molar-refractivity contribution is 5.91. The molecule has 1 rings (SSSR count). The molecule has 0 spiro atoms. The van der Waals surface area contributed by atoms with Gasteiger partial charge in [0, 0.05) is 19.7 Å². The molecule has 0 fully saturated rings. The van der Waals surface area contributed by atoms with Crippen LogP contribution in [0.5, 0.6) is 5.75 Å². The lowest BCUT2D eigenvalue weighted by atomic mass is 10.2. The Kier molecular flexibility index (Phi) is 5.90. The molecule has 0 bridgehead atoms. The van der Waals surface area contributed by atoms with Crippen LogP contribution >= 0.6 is 0 Å². The van der Waals surface area contributed by atoms with Crippen LogP contribution in [-0.4, -0.2) is 42.5 Å². The highest BCUT2D eigenvalue weighted by Gasteiger charge is 2.03. The van der Waals surface area contributed by atoms with Crippen molar-refractivity contribution >= 4 is 12.0 Å². The standard InChI is InChI=1S/C13H17NO4/c1-18-9-12(16)8-14-13(17)7-4-10-2-5-11(15)6-3-10/h2-7,12,15-16H,8-9H2,1H3,(H,14,17). The second-order valence-electron chi connectivity index (χ2n) is 3.78. The molecule has 0 aliphatic heterocycles. The molecular weight excluding hydrogens is 234 g/mol. The Morgan fingerprint density at radius 2 is 2.11 bits per heavy atom. The number of aliphatic hydroxyl groups excluding tert-OH is 1. The molecule has 3 N–H and O–H groups in total. The first-order valence-corrected chi connectivity index (χ1v) is 5.53. The molecule has 1 aromatic rings. The van der Waals surface area contributed by atoms with Gasteiger partial charge in [-0.3, -0.25) is 4.79 Å². The molecule has 0 saturated heterocycles. The Bertz CT molecular complexity index is 400. The number of amides is 1. The lowest BCUT2D eigenvalue weighted by Crippen LogP contribution is -2.33. The van der Waals surface area contributed by atoms with Crippen molar-refractivity contribution in [1.82, 2.24) is 5.32 Å². The summed E-state index contributed by atoms with van der Waals surface area (Å²) in [6.45, 7) is 0.328. The Morgan fingerprint density at radius 3 is 2.72 bits per heavy atom. The second-order valence-corrected chi connectivity index (χ2v) is 3.78. The van der Waals surface area contributed by atoms with E-state index in [4.69, 9.17) is 9.84 Å². The maximum absolute atomic E-state index is 11.4. The quantitative estimate of drug-likeness (QED) is 0.644. The predicted molar refractivity (Wildman–Crippen MR) is 68.0 cm³/mol. The number of carbonyl (C=O) groups is 1. The summed E-state index contributed by atoms with van der Waals surface area (Å²) in [5, 5.41) is 21.0. The predicted octanol–water partition coefficient (Wildman–Crippen LogP) is 0.529. The summed E-state index contributed by atoms with van der Waals surface area (Å²) in [7, 11) is 1.48. The van der Waals surface area contributed by atoms with E-state index < -0.39 is 6.10 Å². The molecule has 18 heavy (non-hydrogen) atoms. The van der Waals surface area contributed by atoms with E-state index in [-0.39, 0.29) is 24.8 Å². The van der Waals surface area contributed by atoms with Crippen LogP contribution in [0.1, 0.15) is 5.56 Å². The van der Waals surface area contributed by atoms with Gasteiger partial charge in [0.1, 0.15) is 5.75 Å². The van der Waals surface area contributed by atoms with Gasteiger partial charge in [0.05, 0.1) is 12.7 Å². The number of hydrogen-bond acceptors (Lipinski definition) is 4. The molecule has 0 heterocycles. The number of phenolic OH excluding ortho intramolecular Hbond substituents is 1. The molecule has 1 atom stereocenters. The first-order valence-electron chi connectivity index (χ1n) is 5.53. The van der Waals surface area contributed by atoms with Crippen LogP contribution in [0.4, 0.5) is 0 Å². The molecule has 0 aromatic heterocycles. The van der Waals surface area contributed by atoms with Gasteiger partial charge in [-0.05, 0) is 23.8 Å². The van der Waals surface area contributed by atoms with Crippen LogP contribution in [0.15, 0.2) is 30.3 Å². The van der Waals surface area contributed by atoms with E-state index in [9.17, 15) is 9.90 Å². The Morgan fingerprint density at radius 1 is 1.44 bits per heavy atom. The minimum Gasteiger partial charge on any atom is -0.508 e. The van der Waals surface area contributed by atoms with Crippen LogP contribution in [0, 0.1) is 0 Å². The molecule has 0 aliphatic carbocycles. The molecule has 98 valence electrons. The Labute approximate surface area is 106 Å². The summed E-state index contributed by atoms with van der Waals surface area (Å²) < 4.78 is 4.73. The first-order chi connectivity index (χ1) is 8.61. The van der Waals surface area contributed by atoms with Crippen molar-refractivity contribution in [2.45, 2.75) is 6.10 Å². The molecule has 1 amide bonds. The van der Waals surface area contributed by atoms with Crippen molar-refractivity contribution in [3.8, 4) is 5.75 Å². The maximum atomic E-state index is 11.4. The molecule has 5 heteroatoms. The SMILES string of the molecule is COCC(O)CNC(=O)C=Cc1ccc(O)cc1. The Balaban J connectivity index is 2.37. The number of benzene rings is 1. The smallest absolute Gasteiger partial charge is 0.244 e. The van der Waals surface area contributed by atoms with E-state index in [2.05, 4.69) is 5.32 Å². The molecular formula is C13H17NO4. The third-order valence-corrected chi connectivity index (χ3v) is 2.19. The number of ether oxygens (including phenoxy) is 1. The number of aromatic hydroxyl groups is 1.